The summed E-state index contributed by atoms with van der Waals surface area (Å²) >= 11 is 4.00. The van der Waals surface area contributed by atoms with Gasteiger partial charge in [-0.1, -0.05) is 41.9 Å². The zero-order chi connectivity index (χ0) is 14.8. The van der Waals surface area contributed by atoms with Crippen molar-refractivity contribution in [1.29, 1.82) is 0 Å². The number of Topliss-reactive ketones (excluding diaryl/α,β-unsaturated/α-hetero) is 1. The first-order valence-corrected chi connectivity index (χ1v) is 9.69. The van der Waals surface area contributed by atoms with Crippen molar-refractivity contribution < 1.29 is 4.79 Å². The monoisotopic (exact) mass is 350 g/mol. The van der Waals surface area contributed by atoms with E-state index in [1.54, 1.807) is 0 Å². The molecule has 0 unspecified atom stereocenters. The number of hydrogen-bond acceptors (Lipinski definition) is 1. The number of ketones is 1. The molecule has 2 heteroatoms. The summed E-state index contributed by atoms with van der Waals surface area (Å²) in [6.45, 7) is 5.00. The molecule has 4 rings (SSSR count). The second-order valence-corrected chi connectivity index (χ2v) is 9.84. The van der Waals surface area contributed by atoms with Crippen molar-refractivity contribution in [3.05, 3.63) is 12.2 Å². The molecule has 0 radical (unpaired) electrons. The van der Waals surface area contributed by atoms with Crippen LogP contribution in [0.3, 0.4) is 0 Å². The predicted molar refractivity (Wildman–Crippen MR) is 89.4 cm³/mol. The SMILES string of the molecule is C[C@]12CCC(=O)C[C@@H]1[C@H](Br)C[C@@H]1[C@@H]2CC[C@]2(C)C=CC[C@@H]12. The minimum Gasteiger partial charge on any atom is -0.300 e. The molecular formula is C19H27BrO. The summed E-state index contributed by atoms with van der Waals surface area (Å²) in [4.78, 5) is 12.5. The van der Waals surface area contributed by atoms with Gasteiger partial charge in [0.25, 0.3) is 0 Å². The van der Waals surface area contributed by atoms with E-state index in [2.05, 4.69) is 41.9 Å². The van der Waals surface area contributed by atoms with Gasteiger partial charge in [0.15, 0.2) is 0 Å². The lowest BCUT2D eigenvalue weighted by molar-refractivity contribution is -0.135. The summed E-state index contributed by atoms with van der Waals surface area (Å²) in [6.07, 6.45) is 13.1. The van der Waals surface area contributed by atoms with E-state index in [0.717, 1.165) is 37.0 Å². The number of rotatable bonds is 0. The maximum Gasteiger partial charge on any atom is 0.133 e. The number of allylic oxidation sites excluding steroid dienone is 2. The highest BCUT2D eigenvalue weighted by molar-refractivity contribution is 9.09. The zero-order valence-corrected chi connectivity index (χ0v) is 14.9. The third-order valence-corrected chi connectivity index (χ3v) is 8.79. The van der Waals surface area contributed by atoms with Crippen LogP contribution < -0.4 is 0 Å². The van der Waals surface area contributed by atoms with Crippen LogP contribution in [0.1, 0.15) is 58.8 Å². The Morgan fingerprint density at radius 1 is 1.19 bits per heavy atom. The summed E-state index contributed by atoms with van der Waals surface area (Å²) in [5.41, 5.74) is 0.858. The van der Waals surface area contributed by atoms with Crippen LogP contribution in [-0.4, -0.2) is 10.6 Å². The van der Waals surface area contributed by atoms with Gasteiger partial charge in [0.05, 0.1) is 0 Å². The average Bonchev–Trinajstić information content (AvgIpc) is 2.83. The van der Waals surface area contributed by atoms with Gasteiger partial charge in [-0.15, -0.1) is 0 Å². The summed E-state index contributed by atoms with van der Waals surface area (Å²) < 4.78 is 0. The quantitative estimate of drug-likeness (QED) is 0.436. The number of carbonyl (C=O) groups is 1. The van der Waals surface area contributed by atoms with Crippen LogP contribution in [0.5, 0.6) is 0 Å². The molecule has 21 heavy (non-hydrogen) atoms. The van der Waals surface area contributed by atoms with E-state index in [9.17, 15) is 4.79 Å². The average molecular weight is 351 g/mol. The Kier molecular flexibility index (Phi) is 3.24. The molecule has 3 saturated carbocycles. The first kappa shape index (κ1) is 14.5. The minimum atomic E-state index is 0.398. The third-order valence-electron chi connectivity index (χ3n) is 7.78. The molecule has 3 fully saturated rings. The Morgan fingerprint density at radius 3 is 2.81 bits per heavy atom. The molecule has 4 aliphatic carbocycles. The molecule has 0 aromatic carbocycles. The van der Waals surface area contributed by atoms with Gasteiger partial charge in [-0.2, -0.15) is 0 Å². The Morgan fingerprint density at radius 2 is 2.00 bits per heavy atom. The van der Waals surface area contributed by atoms with E-state index in [0.29, 0.717) is 27.4 Å². The van der Waals surface area contributed by atoms with E-state index in [1.807, 2.05) is 0 Å². The zero-order valence-electron chi connectivity index (χ0n) is 13.3. The topological polar surface area (TPSA) is 17.1 Å². The van der Waals surface area contributed by atoms with Crippen molar-refractivity contribution in [2.24, 2.45) is 34.5 Å². The van der Waals surface area contributed by atoms with Gasteiger partial charge in [0.2, 0.25) is 0 Å². The van der Waals surface area contributed by atoms with E-state index in [4.69, 9.17) is 0 Å². The fraction of sp³-hybridized carbons (Fsp3) is 0.842. The molecule has 0 amide bonds. The molecule has 0 aliphatic heterocycles. The van der Waals surface area contributed by atoms with Crippen molar-refractivity contribution in [1.82, 2.24) is 0 Å². The first-order valence-electron chi connectivity index (χ1n) is 8.77. The van der Waals surface area contributed by atoms with Crippen LogP contribution in [-0.2, 0) is 4.79 Å². The van der Waals surface area contributed by atoms with Crippen molar-refractivity contribution in [3.63, 3.8) is 0 Å². The van der Waals surface area contributed by atoms with Gasteiger partial charge >= 0.3 is 0 Å². The number of carbonyl (C=O) groups excluding carboxylic acids is 1. The highest BCUT2D eigenvalue weighted by atomic mass is 79.9. The van der Waals surface area contributed by atoms with E-state index < -0.39 is 0 Å². The van der Waals surface area contributed by atoms with Crippen LogP contribution in [0, 0.1) is 34.5 Å². The van der Waals surface area contributed by atoms with E-state index in [1.165, 1.54) is 25.7 Å². The Balaban J connectivity index is 1.68. The molecule has 4 aliphatic rings. The Hall–Kier alpha value is -0.110. The second kappa shape index (κ2) is 4.69. The molecule has 1 nitrogen and oxygen atoms in total. The third kappa shape index (κ3) is 1.97. The summed E-state index contributed by atoms with van der Waals surface area (Å²) in [7, 11) is 0. The van der Waals surface area contributed by atoms with Crippen LogP contribution in [0.15, 0.2) is 12.2 Å². The van der Waals surface area contributed by atoms with Gasteiger partial charge < -0.3 is 0 Å². The molecule has 116 valence electrons. The molecule has 0 spiro atoms. The van der Waals surface area contributed by atoms with Crippen LogP contribution in [0.2, 0.25) is 0 Å². The minimum absolute atomic E-state index is 0.398. The lowest BCUT2D eigenvalue weighted by Crippen LogP contribution is -2.56. The molecule has 0 N–H and O–H groups in total. The number of alkyl halides is 1. The highest BCUT2D eigenvalue weighted by Gasteiger charge is 2.59. The fourth-order valence-corrected chi connectivity index (χ4v) is 7.74. The summed E-state index contributed by atoms with van der Waals surface area (Å²) in [5, 5.41) is 0. The number of fused-ring (bicyclic) bond motifs is 5. The van der Waals surface area contributed by atoms with Crippen molar-refractivity contribution in [2.45, 2.75) is 63.6 Å². The van der Waals surface area contributed by atoms with E-state index >= 15 is 0 Å². The molecular weight excluding hydrogens is 324 g/mol. The predicted octanol–water partition coefficient (Wildman–Crippen LogP) is 5.14. The van der Waals surface area contributed by atoms with Crippen LogP contribution in [0.25, 0.3) is 0 Å². The summed E-state index contributed by atoms with van der Waals surface area (Å²) in [6, 6.07) is 0. The largest absolute Gasteiger partial charge is 0.300 e. The molecule has 7 atom stereocenters. The van der Waals surface area contributed by atoms with Gasteiger partial charge in [-0.3, -0.25) is 4.79 Å². The Bertz CT molecular complexity index is 498. The highest BCUT2D eigenvalue weighted by Crippen LogP contribution is 2.65. The normalized spacial score (nSPS) is 55.8. The van der Waals surface area contributed by atoms with Gasteiger partial charge in [0, 0.05) is 17.7 Å². The molecule has 0 heterocycles. The fourth-order valence-electron chi connectivity index (χ4n) is 6.52. The first-order chi connectivity index (χ1) is 9.94. The molecule has 0 aromatic heterocycles. The number of hydrogen-bond donors (Lipinski definition) is 0. The van der Waals surface area contributed by atoms with Crippen molar-refractivity contribution >= 4 is 21.7 Å². The van der Waals surface area contributed by atoms with Gasteiger partial charge in [-0.25, -0.2) is 0 Å². The standard InChI is InChI=1S/C19H27BrO/c1-18-7-3-4-14(18)13-11-17(20)16-10-12(21)5-9-19(16,2)15(13)6-8-18/h3,7,13-17H,4-6,8-11H2,1-2H3/t13-,14-,15-,16+,17+,18-,19+/m0/s1. The van der Waals surface area contributed by atoms with Crippen LogP contribution in [0.4, 0.5) is 0 Å². The van der Waals surface area contributed by atoms with E-state index in [-0.39, 0.29) is 0 Å². The lowest BCUT2D eigenvalue weighted by Gasteiger charge is -2.61. The van der Waals surface area contributed by atoms with Crippen molar-refractivity contribution in [2.75, 3.05) is 0 Å². The molecule has 0 saturated heterocycles. The maximum atomic E-state index is 12.0. The molecule has 0 aromatic rings. The Labute approximate surface area is 137 Å². The van der Waals surface area contributed by atoms with Gasteiger partial charge in [0.1, 0.15) is 5.78 Å². The van der Waals surface area contributed by atoms with Crippen LogP contribution >= 0.6 is 15.9 Å². The smallest absolute Gasteiger partial charge is 0.133 e. The van der Waals surface area contributed by atoms with Gasteiger partial charge in [-0.05, 0) is 66.6 Å². The summed E-state index contributed by atoms with van der Waals surface area (Å²) in [5.74, 6) is 3.65. The molecule has 0 bridgehead atoms. The van der Waals surface area contributed by atoms with Crippen molar-refractivity contribution in [3.8, 4) is 0 Å². The lowest BCUT2D eigenvalue weighted by atomic mass is 9.45. The second-order valence-electron chi connectivity index (χ2n) is 8.67. The number of halogens is 1. The maximum absolute atomic E-state index is 12.0.